The average Bonchev–Trinajstić information content (AvgIpc) is 3.27. The quantitative estimate of drug-likeness (QED) is 0.683. The summed E-state index contributed by atoms with van der Waals surface area (Å²) in [5, 5.41) is 2.72. The number of ether oxygens (including phenoxy) is 2. The number of aromatic nitrogens is 1. The predicted octanol–water partition coefficient (Wildman–Crippen LogP) is 3.53. The lowest BCUT2D eigenvalue weighted by Gasteiger charge is -2.15. The zero-order valence-corrected chi connectivity index (χ0v) is 15.8. The molecule has 0 bridgehead atoms. The Kier molecular flexibility index (Phi) is 6.11. The van der Waals surface area contributed by atoms with Gasteiger partial charge in [0.05, 0.1) is 7.11 Å². The van der Waals surface area contributed by atoms with E-state index in [-0.39, 0.29) is 11.8 Å². The molecule has 0 aliphatic heterocycles. The molecular formula is C22H22N2O4. The van der Waals surface area contributed by atoms with Crippen molar-refractivity contribution < 1.29 is 19.1 Å². The monoisotopic (exact) mass is 378 g/mol. The lowest BCUT2D eigenvalue weighted by Crippen LogP contribution is -2.40. The molecule has 2 aromatic carbocycles. The van der Waals surface area contributed by atoms with Crippen molar-refractivity contribution in [2.75, 3.05) is 7.11 Å². The van der Waals surface area contributed by atoms with Crippen molar-refractivity contribution in [1.29, 1.82) is 0 Å². The van der Waals surface area contributed by atoms with E-state index in [1.165, 1.54) is 4.57 Å². The van der Waals surface area contributed by atoms with Crippen LogP contribution in [0.3, 0.4) is 0 Å². The molecule has 1 aromatic heterocycles. The van der Waals surface area contributed by atoms with Crippen LogP contribution in [0.25, 0.3) is 0 Å². The van der Waals surface area contributed by atoms with E-state index >= 15 is 0 Å². The minimum Gasteiger partial charge on any atom is -0.493 e. The molecule has 144 valence electrons. The fourth-order valence-corrected chi connectivity index (χ4v) is 2.71. The number of rotatable bonds is 7. The molecule has 0 aliphatic carbocycles. The fraction of sp³-hybridized carbons (Fsp3) is 0.182. The Balaban J connectivity index is 1.70. The van der Waals surface area contributed by atoms with Crippen LogP contribution in [-0.4, -0.2) is 29.5 Å². The lowest BCUT2D eigenvalue weighted by atomic mass is 10.1. The van der Waals surface area contributed by atoms with Gasteiger partial charge in [-0.05, 0) is 42.8 Å². The molecule has 3 rings (SSSR count). The number of nitrogens with zero attached hydrogens (tertiary/aromatic N) is 1. The van der Waals surface area contributed by atoms with Crippen molar-refractivity contribution in [2.45, 2.75) is 19.6 Å². The summed E-state index contributed by atoms with van der Waals surface area (Å²) in [6.45, 7) is 2.00. The second-order valence-electron chi connectivity index (χ2n) is 6.26. The molecule has 0 saturated heterocycles. The fourth-order valence-electron chi connectivity index (χ4n) is 2.71. The maximum Gasteiger partial charge on any atom is 0.252 e. The summed E-state index contributed by atoms with van der Waals surface area (Å²) in [5.74, 6) is 0.417. The number of benzene rings is 2. The molecule has 1 heterocycles. The highest BCUT2D eigenvalue weighted by Gasteiger charge is 2.19. The summed E-state index contributed by atoms with van der Waals surface area (Å²) in [7, 11) is 1.54. The maximum atomic E-state index is 12.6. The highest BCUT2D eigenvalue weighted by atomic mass is 16.5. The van der Waals surface area contributed by atoms with Gasteiger partial charge < -0.3 is 14.8 Å². The van der Waals surface area contributed by atoms with E-state index in [1.807, 2.05) is 30.3 Å². The minimum atomic E-state index is -0.671. The second-order valence-corrected chi connectivity index (χ2v) is 6.26. The highest BCUT2D eigenvalue weighted by molar-refractivity contribution is 5.98. The number of nitrogens with one attached hydrogen (secondary N) is 1. The maximum absolute atomic E-state index is 12.6. The van der Waals surface area contributed by atoms with Crippen molar-refractivity contribution in [2.24, 2.45) is 0 Å². The van der Waals surface area contributed by atoms with Crippen LogP contribution >= 0.6 is 0 Å². The van der Waals surface area contributed by atoms with Crippen LogP contribution in [0.15, 0.2) is 73.1 Å². The molecule has 0 spiro atoms. The first-order valence-electron chi connectivity index (χ1n) is 8.91. The Morgan fingerprint density at radius 1 is 1.00 bits per heavy atom. The van der Waals surface area contributed by atoms with Gasteiger partial charge >= 0.3 is 0 Å². The van der Waals surface area contributed by atoms with Crippen LogP contribution in [0.1, 0.15) is 27.6 Å². The van der Waals surface area contributed by atoms with Crippen LogP contribution < -0.4 is 14.8 Å². The molecule has 0 aliphatic rings. The molecular weight excluding hydrogens is 356 g/mol. The number of amides is 1. The normalized spacial score (nSPS) is 11.5. The first-order chi connectivity index (χ1) is 13.6. The third-order valence-electron chi connectivity index (χ3n) is 4.24. The van der Waals surface area contributed by atoms with Crippen LogP contribution in [0.5, 0.6) is 11.5 Å². The molecule has 3 aromatic rings. The Bertz CT molecular complexity index is 936. The smallest absolute Gasteiger partial charge is 0.252 e. The van der Waals surface area contributed by atoms with Crippen molar-refractivity contribution in [1.82, 2.24) is 9.88 Å². The van der Waals surface area contributed by atoms with Gasteiger partial charge in [0.1, 0.15) is 12.6 Å². The highest BCUT2D eigenvalue weighted by Crippen LogP contribution is 2.29. The molecule has 6 nitrogen and oxygen atoms in total. The Morgan fingerprint density at radius 3 is 2.39 bits per heavy atom. The van der Waals surface area contributed by atoms with Gasteiger partial charge in [-0.3, -0.25) is 14.2 Å². The first kappa shape index (κ1) is 19.2. The van der Waals surface area contributed by atoms with E-state index < -0.39 is 6.04 Å². The molecule has 1 atom stereocenters. The van der Waals surface area contributed by atoms with Crippen LogP contribution in [-0.2, 0) is 6.61 Å². The third kappa shape index (κ3) is 4.59. The Labute approximate surface area is 163 Å². The van der Waals surface area contributed by atoms with Gasteiger partial charge in [0.15, 0.2) is 11.5 Å². The number of carbonyl (C=O) groups is 2. The Morgan fingerprint density at radius 2 is 1.71 bits per heavy atom. The summed E-state index contributed by atoms with van der Waals surface area (Å²) >= 11 is 0. The minimum absolute atomic E-state index is 0.215. The van der Waals surface area contributed by atoms with Crippen LogP contribution in [0, 0.1) is 0 Å². The van der Waals surface area contributed by atoms with Gasteiger partial charge in [0.2, 0.25) is 0 Å². The summed E-state index contributed by atoms with van der Waals surface area (Å²) in [6, 6.07) is 17.5. The van der Waals surface area contributed by atoms with E-state index in [1.54, 1.807) is 56.8 Å². The van der Waals surface area contributed by atoms with Crippen LogP contribution in [0.2, 0.25) is 0 Å². The van der Waals surface area contributed by atoms with E-state index in [4.69, 9.17) is 9.47 Å². The molecule has 1 unspecified atom stereocenters. The number of hydrogen-bond donors (Lipinski definition) is 1. The molecule has 1 N–H and O–H groups in total. The first-order valence-corrected chi connectivity index (χ1v) is 8.91. The lowest BCUT2D eigenvalue weighted by molar-refractivity contribution is 0.0814. The van der Waals surface area contributed by atoms with Gasteiger partial charge in [-0.2, -0.15) is 0 Å². The van der Waals surface area contributed by atoms with Gasteiger partial charge in [-0.25, -0.2) is 0 Å². The molecule has 6 heteroatoms. The van der Waals surface area contributed by atoms with E-state index in [2.05, 4.69) is 5.32 Å². The van der Waals surface area contributed by atoms with Crippen LogP contribution in [0.4, 0.5) is 0 Å². The Hall–Kier alpha value is -3.54. The topological polar surface area (TPSA) is 69.6 Å². The second kappa shape index (κ2) is 8.90. The standard InChI is InChI=1S/C22H22N2O4/c1-16(22(26)24-12-6-7-13-24)23-21(25)18-10-11-19(27-2)20(14-18)28-15-17-8-4-3-5-9-17/h3-14,16H,15H2,1-2H3,(H,23,25). The zero-order chi connectivity index (χ0) is 19.9. The molecule has 0 saturated carbocycles. The number of hydrogen-bond acceptors (Lipinski definition) is 4. The van der Waals surface area contributed by atoms with E-state index in [0.717, 1.165) is 5.56 Å². The van der Waals surface area contributed by atoms with E-state index in [9.17, 15) is 9.59 Å². The average molecular weight is 378 g/mol. The molecule has 28 heavy (non-hydrogen) atoms. The summed E-state index contributed by atoms with van der Waals surface area (Å²) in [6.07, 6.45) is 3.29. The molecule has 0 fully saturated rings. The number of methoxy groups -OCH3 is 1. The van der Waals surface area contributed by atoms with Gasteiger partial charge in [-0.15, -0.1) is 0 Å². The molecule has 0 radical (unpaired) electrons. The molecule has 1 amide bonds. The summed E-state index contributed by atoms with van der Waals surface area (Å²) < 4.78 is 12.6. The van der Waals surface area contributed by atoms with Gasteiger partial charge in [0, 0.05) is 18.0 Å². The van der Waals surface area contributed by atoms with Gasteiger partial charge in [0.25, 0.3) is 11.8 Å². The third-order valence-corrected chi connectivity index (χ3v) is 4.24. The van der Waals surface area contributed by atoms with Crippen molar-refractivity contribution in [3.63, 3.8) is 0 Å². The van der Waals surface area contributed by atoms with Crippen molar-refractivity contribution >= 4 is 11.8 Å². The predicted molar refractivity (Wildman–Crippen MR) is 106 cm³/mol. The van der Waals surface area contributed by atoms with Gasteiger partial charge in [-0.1, -0.05) is 30.3 Å². The SMILES string of the molecule is COc1ccc(C(=O)NC(C)C(=O)n2cccc2)cc1OCc1ccccc1. The summed E-state index contributed by atoms with van der Waals surface area (Å²) in [5.41, 5.74) is 1.39. The van der Waals surface area contributed by atoms with Crippen molar-refractivity contribution in [3.8, 4) is 11.5 Å². The number of carbonyl (C=O) groups excluding carboxylic acids is 2. The largest absolute Gasteiger partial charge is 0.493 e. The van der Waals surface area contributed by atoms with Crippen molar-refractivity contribution in [3.05, 3.63) is 84.2 Å². The zero-order valence-electron chi connectivity index (χ0n) is 15.8. The summed E-state index contributed by atoms with van der Waals surface area (Å²) in [4.78, 5) is 24.9. The van der Waals surface area contributed by atoms with E-state index in [0.29, 0.717) is 23.7 Å².